The first-order valence-electron chi connectivity index (χ1n) is 11.2. The molecule has 2 atom stereocenters. The quantitative estimate of drug-likeness (QED) is 0.740. The van der Waals surface area contributed by atoms with E-state index in [4.69, 9.17) is 4.74 Å². The fourth-order valence-corrected chi connectivity index (χ4v) is 4.56. The third-order valence-electron chi connectivity index (χ3n) is 6.20. The predicted octanol–water partition coefficient (Wildman–Crippen LogP) is 3.89. The highest BCUT2D eigenvalue weighted by atomic mass is 16.5. The lowest BCUT2D eigenvalue weighted by Crippen LogP contribution is -2.52. The Morgan fingerprint density at radius 1 is 0.935 bits per heavy atom. The molecule has 1 heterocycles. The number of amides is 2. The minimum atomic E-state index is -1.21. The van der Waals surface area contributed by atoms with Crippen molar-refractivity contribution < 1.29 is 19.4 Å². The van der Waals surface area contributed by atoms with Crippen LogP contribution in [-0.2, 0) is 4.79 Å². The molecule has 0 radical (unpaired) electrons. The Hall–Kier alpha value is -2.86. The first kappa shape index (κ1) is 21.4. The lowest BCUT2D eigenvalue weighted by molar-refractivity contribution is -0.132. The molecule has 6 heteroatoms. The van der Waals surface area contributed by atoms with Crippen LogP contribution in [-0.4, -0.2) is 46.6 Å². The molecule has 0 spiro atoms. The van der Waals surface area contributed by atoms with Crippen molar-refractivity contribution in [2.45, 2.75) is 63.1 Å². The van der Waals surface area contributed by atoms with Gasteiger partial charge in [0.05, 0.1) is 6.04 Å². The molecule has 1 saturated carbocycles. The second-order valence-electron chi connectivity index (χ2n) is 8.44. The maximum Gasteiger partial charge on any atom is 0.254 e. The number of ether oxygens (including phenoxy) is 1. The predicted molar refractivity (Wildman–Crippen MR) is 118 cm³/mol. The molecule has 1 aliphatic carbocycles. The van der Waals surface area contributed by atoms with Crippen LogP contribution < -0.4 is 10.1 Å². The molecule has 2 fully saturated rings. The van der Waals surface area contributed by atoms with E-state index in [0.717, 1.165) is 32.1 Å². The summed E-state index contributed by atoms with van der Waals surface area (Å²) in [6, 6.07) is 16.1. The third kappa shape index (κ3) is 5.25. The number of carbonyl (C=O) groups excluding carboxylic acids is 2. The van der Waals surface area contributed by atoms with Crippen molar-refractivity contribution in [2.75, 3.05) is 6.54 Å². The van der Waals surface area contributed by atoms with E-state index < -0.39 is 12.1 Å². The van der Waals surface area contributed by atoms with Crippen LogP contribution in [0, 0.1) is 0 Å². The highest BCUT2D eigenvalue weighted by Gasteiger charge is 2.38. The van der Waals surface area contributed by atoms with Crippen LogP contribution in [0.5, 0.6) is 11.5 Å². The van der Waals surface area contributed by atoms with Gasteiger partial charge < -0.3 is 20.1 Å². The zero-order valence-corrected chi connectivity index (χ0v) is 17.7. The third-order valence-corrected chi connectivity index (χ3v) is 6.20. The van der Waals surface area contributed by atoms with Crippen molar-refractivity contribution in [2.24, 2.45) is 0 Å². The number of carbonyl (C=O) groups is 2. The maximum absolute atomic E-state index is 13.2. The van der Waals surface area contributed by atoms with E-state index in [1.54, 1.807) is 29.2 Å². The maximum atomic E-state index is 13.2. The van der Waals surface area contributed by atoms with Crippen LogP contribution in [0.1, 0.15) is 55.3 Å². The summed E-state index contributed by atoms with van der Waals surface area (Å²) in [4.78, 5) is 27.5. The normalized spacial score (nSPS) is 20.3. The summed E-state index contributed by atoms with van der Waals surface area (Å²) in [7, 11) is 0. The van der Waals surface area contributed by atoms with Crippen molar-refractivity contribution >= 4 is 11.8 Å². The smallest absolute Gasteiger partial charge is 0.254 e. The lowest BCUT2D eigenvalue weighted by atomic mass is 9.95. The van der Waals surface area contributed by atoms with Gasteiger partial charge in [-0.2, -0.15) is 0 Å². The second-order valence-corrected chi connectivity index (χ2v) is 8.44. The van der Waals surface area contributed by atoms with Crippen LogP contribution in [0.3, 0.4) is 0 Å². The van der Waals surface area contributed by atoms with Crippen LogP contribution >= 0.6 is 0 Å². The molecule has 2 unspecified atom stereocenters. The van der Waals surface area contributed by atoms with Crippen molar-refractivity contribution in [3.63, 3.8) is 0 Å². The van der Waals surface area contributed by atoms with Gasteiger partial charge in [0.2, 0.25) is 0 Å². The zero-order valence-electron chi connectivity index (χ0n) is 17.7. The highest BCUT2D eigenvalue weighted by Crippen LogP contribution is 2.27. The average molecular weight is 423 g/mol. The molecule has 2 amide bonds. The number of nitrogens with one attached hydrogen (secondary N) is 1. The Labute approximate surface area is 183 Å². The summed E-state index contributed by atoms with van der Waals surface area (Å²) in [5.41, 5.74) is 0.486. The fourth-order valence-electron chi connectivity index (χ4n) is 4.56. The van der Waals surface area contributed by atoms with Gasteiger partial charge in [-0.15, -0.1) is 0 Å². The van der Waals surface area contributed by atoms with Gasteiger partial charge in [0.1, 0.15) is 11.5 Å². The SMILES string of the molecule is O=C(NC1CCCCC1)C(O)C1CCCN1C(=O)c1cccc(Oc2ccccc2)c1. The lowest BCUT2D eigenvalue weighted by Gasteiger charge is -2.30. The van der Waals surface area contributed by atoms with E-state index in [1.807, 2.05) is 30.3 Å². The van der Waals surface area contributed by atoms with Gasteiger partial charge in [-0.05, 0) is 56.0 Å². The number of rotatable bonds is 6. The van der Waals surface area contributed by atoms with Crippen molar-refractivity contribution in [3.05, 3.63) is 60.2 Å². The summed E-state index contributed by atoms with van der Waals surface area (Å²) in [5.74, 6) is 0.715. The average Bonchev–Trinajstić information content (AvgIpc) is 3.29. The molecule has 31 heavy (non-hydrogen) atoms. The molecular weight excluding hydrogens is 392 g/mol. The van der Waals surface area contributed by atoms with E-state index in [1.165, 1.54) is 6.42 Å². The summed E-state index contributed by atoms with van der Waals surface area (Å²) in [6.45, 7) is 0.529. The molecule has 1 aliphatic heterocycles. The molecule has 2 aromatic rings. The van der Waals surface area contributed by atoms with Gasteiger partial charge in [0, 0.05) is 18.2 Å². The van der Waals surface area contributed by atoms with E-state index in [2.05, 4.69) is 5.32 Å². The minimum absolute atomic E-state index is 0.133. The van der Waals surface area contributed by atoms with Crippen molar-refractivity contribution in [3.8, 4) is 11.5 Å². The summed E-state index contributed by atoms with van der Waals surface area (Å²) in [6.07, 6.45) is 5.51. The second kappa shape index (κ2) is 9.96. The topological polar surface area (TPSA) is 78.9 Å². The zero-order chi connectivity index (χ0) is 21.6. The van der Waals surface area contributed by atoms with E-state index in [9.17, 15) is 14.7 Å². The molecule has 6 nitrogen and oxygen atoms in total. The molecule has 2 N–H and O–H groups in total. The van der Waals surface area contributed by atoms with Crippen molar-refractivity contribution in [1.82, 2.24) is 10.2 Å². The molecular formula is C25H30N2O4. The van der Waals surface area contributed by atoms with Gasteiger partial charge in [0.15, 0.2) is 6.10 Å². The number of aliphatic hydroxyl groups is 1. The Balaban J connectivity index is 1.42. The number of likely N-dealkylation sites (tertiary alicyclic amines) is 1. The first-order valence-corrected chi connectivity index (χ1v) is 11.2. The standard InChI is InChI=1S/C25H30N2O4/c28-23(24(29)26-19-10-3-1-4-11-19)22-15-8-16-27(22)25(30)18-9-7-14-21(17-18)31-20-12-5-2-6-13-20/h2,5-7,9,12-14,17,19,22-23,28H,1,3-4,8,10-11,15-16H2,(H,26,29). The minimum Gasteiger partial charge on any atom is -0.457 e. The van der Waals surface area contributed by atoms with Gasteiger partial charge in [0.25, 0.3) is 11.8 Å². The van der Waals surface area contributed by atoms with Crippen LogP contribution in [0.4, 0.5) is 0 Å². The Bertz CT molecular complexity index is 895. The Morgan fingerprint density at radius 2 is 1.68 bits per heavy atom. The summed E-state index contributed by atoms with van der Waals surface area (Å²) in [5, 5.41) is 13.7. The largest absolute Gasteiger partial charge is 0.457 e. The number of nitrogens with zero attached hydrogens (tertiary/aromatic N) is 1. The monoisotopic (exact) mass is 422 g/mol. The van der Waals surface area contributed by atoms with Crippen LogP contribution in [0.2, 0.25) is 0 Å². The van der Waals surface area contributed by atoms with Gasteiger partial charge in [-0.1, -0.05) is 43.5 Å². The number of para-hydroxylation sites is 1. The molecule has 4 rings (SSSR count). The fraction of sp³-hybridized carbons (Fsp3) is 0.440. The van der Waals surface area contributed by atoms with Gasteiger partial charge >= 0.3 is 0 Å². The highest BCUT2D eigenvalue weighted by molar-refractivity contribution is 5.95. The van der Waals surface area contributed by atoms with Crippen LogP contribution in [0.15, 0.2) is 54.6 Å². The summed E-state index contributed by atoms with van der Waals surface area (Å²) >= 11 is 0. The molecule has 0 aromatic heterocycles. The van der Waals surface area contributed by atoms with E-state index >= 15 is 0 Å². The molecule has 0 bridgehead atoms. The van der Waals surface area contributed by atoms with Crippen LogP contribution in [0.25, 0.3) is 0 Å². The summed E-state index contributed by atoms with van der Waals surface area (Å²) < 4.78 is 5.84. The molecule has 164 valence electrons. The van der Waals surface area contributed by atoms with E-state index in [0.29, 0.717) is 30.0 Å². The Kier molecular flexibility index (Phi) is 6.87. The molecule has 2 aromatic carbocycles. The molecule has 2 aliphatic rings. The number of benzene rings is 2. The van der Waals surface area contributed by atoms with Gasteiger partial charge in [-0.25, -0.2) is 0 Å². The Morgan fingerprint density at radius 3 is 2.45 bits per heavy atom. The molecule has 1 saturated heterocycles. The van der Waals surface area contributed by atoms with E-state index in [-0.39, 0.29) is 17.9 Å². The van der Waals surface area contributed by atoms with Gasteiger partial charge in [-0.3, -0.25) is 9.59 Å². The first-order chi connectivity index (χ1) is 15.1. The van der Waals surface area contributed by atoms with Crippen molar-refractivity contribution in [1.29, 1.82) is 0 Å². The number of hydrogen-bond acceptors (Lipinski definition) is 4. The number of hydrogen-bond donors (Lipinski definition) is 2. The number of aliphatic hydroxyl groups excluding tert-OH is 1.